The Labute approximate surface area is 155 Å². The van der Waals surface area contributed by atoms with Gasteiger partial charge in [0.05, 0.1) is 7.11 Å². The quantitative estimate of drug-likeness (QED) is 0.683. The zero-order valence-corrected chi connectivity index (χ0v) is 15.8. The third kappa shape index (κ3) is 6.33. The summed E-state index contributed by atoms with van der Waals surface area (Å²) >= 11 is 0. The van der Waals surface area contributed by atoms with E-state index in [-0.39, 0.29) is 17.7 Å². The fourth-order valence-electron chi connectivity index (χ4n) is 3.17. The second kappa shape index (κ2) is 10.8. The normalized spacial score (nSPS) is 14.9. The van der Waals surface area contributed by atoms with Gasteiger partial charge in [0.25, 0.3) is 0 Å². The number of ether oxygens (including phenoxy) is 2. The summed E-state index contributed by atoms with van der Waals surface area (Å²) in [5, 5.41) is 2.95. The summed E-state index contributed by atoms with van der Waals surface area (Å²) in [7, 11) is 3.30. The van der Waals surface area contributed by atoms with Crippen LogP contribution in [0, 0.1) is 5.92 Å². The van der Waals surface area contributed by atoms with Gasteiger partial charge in [0.2, 0.25) is 11.8 Å². The first kappa shape index (κ1) is 20.2. The van der Waals surface area contributed by atoms with Crippen molar-refractivity contribution < 1.29 is 19.1 Å². The summed E-state index contributed by atoms with van der Waals surface area (Å²) in [5.41, 5.74) is 1.13. The van der Waals surface area contributed by atoms with E-state index in [4.69, 9.17) is 9.47 Å². The lowest BCUT2D eigenvalue weighted by Gasteiger charge is -2.31. The van der Waals surface area contributed by atoms with Crippen LogP contribution in [0.1, 0.15) is 31.2 Å². The number of aryl methyl sites for hydroxylation is 1. The van der Waals surface area contributed by atoms with Crippen LogP contribution in [0.25, 0.3) is 0 Å². The second-order valence-corrected chi connectivity index (χ2v) is 6.64. The van der Waals surface area contributed by atoms with Crippen molar-refractivity contribution in [3.63, 3.8) is 0 Å². The van der Waals surface area contributed by atoms with Crippen molar-refractivity contribution >= 4 is 11.8 Å². The molecule has 1 aromatic carbocycles. The van der Waals surface area contributed by atoms with Crippen LogP contribution in [-0.4, -0.2) is 57.2 Å². The highest BCUT2D eigenvalue weighted by molar-refractivity contribution is 5.80. The summed E-state index contributed by atoms with van der Waals surface area (Å²) < 4.78 is 10.1. The number of methoxy groups -OCH3 is 2. The van der Waals surface area contributed by atoms with E-state index in [1.807, 2.05) is 29.2 Å². The lowest BCUT2D eigenvalue weighted by Crippen LogP contribution is -2.43. The fourth-order valence-corrected chi connectivity index (χ4v) is 3.17. The molecule has 1 heterocycles. The minimum Gasteiger partial charge on any atom is -0.497 e. The summed E-state index contributed by atoms with van der Waals surface area (Å²) in [6.45, 7) is 2.63. The zero-order valence-electron chi connectivity index (χ0n) is 15.8. The van der Waals surface area contributed by atoms with Crippen LogP contribution in [0.3, 0.4) is 0 Å². The van der Waals surface area contributed by atoms with Crippen LogP contribution in [0.4, 0.5) is 0 Å². The number of rotatable bonds is 9. The van der Waals surface area contributed by atoms with Crippen LogP contribution < -0.4 is 10.1 Å². The topological polar surface area (TPSA) is 67.9 Å². The molecule has 1 aromatic rings. The molecule has 1 fully saturated rings. The van der Waals surface area contributed by atoms with Gasteiger partial charge in [0.15, 0.2) is 0 Å². The van der Waals surface area contributed by atoms with Crippen LogP contribution in [0.5, 0.6) is 5.75 Å². The highest BCUT2D eigenvalue weighted by atomic mass is 16.5. The van der Waals surface area contributed by atoms with Crippen LogP contribution >= 0.6 is 0 Å². The van der Waals surface area contributed by atoms with Gasteiger partial charge in [-0.2, -0.15) is 0 Å². The largest absolute Gasteiger partial charge is 0.497 e. The molecule has 0 bridgehead atoms. The Bertz CT molecular complexity index is 566. The maximum absolute atomic E-state index is 12.4. The van der Waals surface area contributed by atoms with Gasteiger partial charge in [-0.05, 0) is 43.4 Å². The number of hydrogen-bond acceptors (Lipinski definition) is 4. The predicted molar refractivity (Wildman–Crippen MR) is 100 cm³/mol. The number of amides is 2. The number of nitrogens with one attached hydrogen (secondary N) is 1. The fraction of sp³-hybridized carbons (Fsp3) is 0.600. The van der Waals surface area contributed by atoms with Crippen molar-refractivity contribution in [2.24, 2.45) is 5.92 Å². The third-order valence-corrected chi connectivity index (χ3v) is 4.83. The first-order chi connectivity index (χ1) is 12.6. The SMILES string of the molecule is COCCCNC(=O)C1CCN(C(=O)CCc2ccc(OC)cc2)CC1. The van der Waals surface area contributed by atoms with Gasteiger partial charge in [-0.3, -0.25) is 9.59 Å². The molecule has 6 nitrogen and oxygen atoms in total. The van der Waals surface area contributed by atoms with Gasteiger partial charge in [-0.25, -0.2) is 0 Å². The zero-order chi connectivity index (χ0) is 18.8. The first-order valence-corrected chi connectivity index (χ1v) is 9.31. The number of carbonyl (C=O) groups excluding carboxylic acids is 2. The molecule has 0 saturated carbocycles. The molecule has 1 aliphatic heterocycles. The van der Waals surface area contributed by atoms with E-state index < -0.39 is 0 Å². The summed E-state index contributed by atoms with van der Waals surface area (Å²) in [6.07, 6.45) is 3.53. The number of hydrogen-bond donors (Lipinski definition) is 1. The van der Waals surface area contributed by atoms with Gasteiger partial charge in [0.1, 0.15) is 5.75 Å². The highest BCUT2D eigenvalue weighted by Crippen LogP contribution is 2.19. The van der Waals surface area contributed by atoms with Crippen molar-refractivity contribution in [3.8, 4) is 5.75 Å². The number of carbonyl (C=O) groups is 2. The number of piperidine rings is 1. The molecule has 2 amide bonds. The lowest BCUT2D eigenvalue weighted by atomic mass is 9.95. The summed E-state index contributed by atoms with van der Waals surface area (Å²) in [5.74, 6) is 1.11. The second-order valence-electron chi connectivity index (χ2n) is 6.64. The highest BCUT2D eigenvalue weighted by Gasteiger charge is 2.26. The van der Waals surface area contributed by atoms with Crippen LogP contribution in [0.2, 0.25) is 0 Å². The van der Waals surface area contributed by atoms with Gasteiger partial charge in [-0.15, -0.1) is 0 Å². The molecule has 1 aliphatic rings. The molecule has 0 unspecified atom stereocenters. The number of nitrogens with zero attached hydrogens (tertiary/aromatic N) is 1. The molecule has 26 heavy (non-hydrogen) atoms. The van der Waals surface area contributed by atoms with Crippen LogP contribution in [0.15, 0.2) is 24.3 Å². The molecular weight excluding hydrogens is 332 g/mol. The molecule has 2 rings (SSSR count). The lowest BCUT2D eigenvalue weighted by molar-refractivity contribution is -0.135. The Morgan fingerprint density at radius 1 is 1.15 bits per heavy atom. The Morgan fingerprint density at radius 2 is 1.85 bits per heavy atom. The summed E-state index contributed by atoms with van der Waals surface area (Å²) in [6, 6.07) is 7.81. The average molecular weight is 362 g/mol. The van der Waals surface area contributed by atoms with Gasteiger partial charge in [0, 0.05) is 45.7 Å². The van der Waals surface area contributed by atoms with E-state index in [2.05, 4.69) is 5.32 Å². The predicted octanol–water partition coefficient (Wildman–Crippen LogP) is 2.02. The number of likely N-dealkylation sites (tertiary alicyclic amines) is 1. The summed E-state index contributed by atoms with van der Waals surface area (Å²) in [4.78, 5) is 26.4. The minimum atomic E-state index is 0.0168. The maximum atomic E-state index is 12.4. The standard InChI is InChI=1S/C20H30N2O4/c1-25-15-3-12-21-20(24)17-10-13-22(14-11-17)19(23)9-6-16-4-7-18(26-2)8-5-16/h4-5,7-8,17H,3,6,9-15H2,1-2H3,(H,21,24). The van der Waals surface area contributed by atoms with Crippen LogP contribution in [-0.2, 0) is 20.7 Å². The van der Waals surface area contributed by atoms with E-state index in [0.29, 0.717) is 32.7 Å². The molecule has 144 valence electrons. The van der Waals surface area contributed by atoms with Gasteiger partial charge in [-0.1, -0.05) is 12.1 Å². The molecule has 1 saturated heterocycles. The monoisotopic (exact) mass is 362 g/mol. The van der Waals surface area contributed by atoms with E-state index >= 15 is 0 Å². The van der Waals surface area contributed by atoms with E-state index in [0.717, 1.165) is 37.0 Å². The van der Waals surface area contributed by atoms with Crippen molar-refractivity contribution in [2.45, 2.75) is 32.1 Å². The molecule has 0 aromatic heterocycles. The minimum absolute atomic E-state index is 0.0168. The number of benzene rings is 1. The molecule has 0 aliphatic carbocycles. The Hall–Kier alpha value is -2.08. The Kier molecular flexibility index (Phi) is 8.41. The molecule has 1 N–H and O–H groups in total. The van der Waals surface area contributed by atoms with Gasteiger partial charge >= 0.3 is 0 Å². The molecule has 0 radical (unpaired) electrons. The Morgan fingerprint density at radius 3 is 2.46 bits per heavy atom. The van der Waals surface area contributed by atoms with Crippen molar-refractivity contribution in [3.05, 3.63) is 29.8 Å². The van der Waals surface area contributed by atoms with E-state index in [1.165, 1.54) is 0 Å². The van der Waals surface area contributed by atoms with E-state index in [9.17, 15) is 9.59 Å². The maximum Gasteiger partial charge on any atom is 0.223 e. The van der Waals surface area contributed by atoms with Crippen molar-refractivity contribution in [1.29, 1.82) is 0 Å². The molecule has 0 spiro atoms. The third-order valence-electron chi connectivity index (χ3n) is 4.83. The van der Waals surface area contributed by atoms with Crippen molar-refractivity contribution in [2.75, 3.05) is 40.5 Å². The molecular formula is C20H30N2O4. The molecule has 0 atom stereocenters. The van der Waals surface area contributed by atoms with Crippen molar-refractivity contribution in [1.82, 2.24) is 10.2 Å². The molecule has 6 heteroatoms. The smallest absolute Gasteiger partial charge is 0.223 e. The van der Waals surface area contributed by atoms with E-state index in [1.54, 1.807) is 14.2 Å². The van der Waals surface area contributed by atoms with Gasteiger partial charge < -0.3 is 19.7 Å². The average Bonchev–Trinajstić information content (AvgIpc) is 2.69. The first-order valence-electron chi connectivity index (χ1n) is 9.31. The Balaban J connectivity index is 1.67.